The molecule has 0 radical (unpaired) electrons. The highest BCUT2D eigenvalue weighted by atomic mass is 32.2. The number of nitrogens with one attached hydrogen (secondary N) is 1. The molecule has 0 saturated heterocycles. The van der Waals surface area contributed by atoms with Gasteiger partial charge < -0.3 is 10.2 Å². The molecule has 0 aromatic carbocycles. The second-order valence-corrected chi connectivity index (χ2v) is 1.71. The van der Waals surface area contributed by atoms with Crippen LogP contribution in [0.3, 0.4) is 0 Å². The van der Waals surface area contributed by atoms with Gasteiger partial charge in [0.2, 0.25) is 6.23 Å². The number of carboxylic acids is 1. The Hall–Kier alpha value is -0.260. The molecule has 1 unspecified atom stereocenters. The first-order valence-corrected chi connectivity index (χ1v) is 3.10. The van der Waals surface area contributed by atoms with E-state index in [4.69, 9.17) is 10.2 Å². The largest absolute Gasteiger partial charge is 0.478 e. The molecule has 0 bridgehead atoms. The number of carboxylic acid groups (broad SMARTS) is 1. The molecule has 5 heteroatoms. The number of rotatable bonds is 3. The number of aliphatic carboxylic acids is 1. The predicted molar refractivity (Wildman–Crippen MR) is 30.3 cm³/mol. The number of aliphatic hydroxyl groups excluding tert-OH is 1. The molecule has 0 rings (SSSR count). The van der Waals surface area contributed by atoms with E-state index in [9.17, 15) is 4.79 Å². The quantitative estimate of drug-likeness (QED) is 0.353. The number of aliphatic hydroxyl groups is 1. The third-order valence-corrected chi connectivity index (χ3v) is 0.922. The zero-order valence-electron chi connectivity index (χ0n) is 4.29. The van der Waals surface area contributed by atoms with Crippen LogP contribution in [0.4, 0.5) is 0 Å². The fourth-order valence-corrected chi connectivity index (χ4v) is 0.486. The summed E-state index contributed by atoms with van der Waals surface area (Å²) < 4.78 is 2.22. The molecule has 4 nitrogen and oxygen atoms in total. The number of hydrogen-bond acceptors (Lipinski definition) is 4. The summed E-state index contributed by atoms with van der Waals surface area (Å²) in [5.41, 5.74) is 0. The van der Waals surface area contributed by atoms with E-state index < -0.39 is 12.2 Å². The summed E-state index contributed by atoms with van der Waals surface area (Å²) in [4.78, 5) is 9.76. The average molecular weight is 137 g/mol. The van der Waals surface area contributed by atoms with Crippen molar-refractivity contribution in [1.29, 1.82) is 0 Å². The maximum Gasteiger partial charge on any atom is 0.348 e. The van der Waals surface area contributed by atoms with Crippen molar-refractivity contribution in [3.8, 4) is 0 Å². The van der Waals surface area contributed by atoms with Crippen LogP contribution in [0.25, 0.3) is 0 Å². The molecule has 8 heavy (non-hydrogen) atoms. The minimum Gasteiger partial charge on any atom is -0.478 e. The molecule has 0 amide bonds. The lowest BCUT2D eigenvalue weighted by molar-refractivity contribution is -0.147. The summed E-state index contributed by atoms with van der Waals surface area (Å²) in [5, 5.41) is 16.4. The molecule has 0 aliphatic carbocycles. The van der Waals surface area contributed by atoms with Crippen LogP contribution >= 0.6 is 11.9 Å². The topological polar surface area (TPSA) is 69.6 Å². The Bertz CT molecular complexity index is 86.6. The zero-order chi connectivity index (χ0) is 6.57. The Morgan fingerprint density at radius 2 is 2.38 bits per heavy atom. The smallest absolute Gasteiger partial charge is 0.348 e. The second-order valence-electron chi connectivity index (χ2n) is 1.06. The van der Waals surface area contributed by atoms with Crippen LogP contribution in [0.15, 0.2) is 0 Å². The van der Waals surface area contributed by atoms with Gasteiger partial charge in [-0.3, -0.25) is 0 Å². The van der Waals surface area contributed by atoms with Crippen LogP contribution in [0.1, 0.15) is 0 Å². The van der Waals surface area contributed by atoms with Gasteiger partial charge in [0.1, 0.15) is 0 Å². The Morgan fingerprint density at radius 1 is 1.88 bits per heavy atom. The van der Waals surface area contributed by atoms with Gasteiger partial charge in [0.05, 0.1) is 0 Å². The fourth-order valence-electron chi connectivity index (χ4n) is 0.162. The van der Waals surface area contributed by atoms with Gasteiger partial charge in [-0.1, -0.05) is 11.9 Å². The summed E-state index contributed by atoms with van der Waals surface area (Å²) in [6.07, 6.45) is 0.177. The van der Waals surface area contributed by atoms with Gasteiger partial charge in [-0.15, -0.1) is 0 Å². The van der Waals surface area contributed by atoms with Gasteiger partial charge in [-0.05, 0) is 6.26 Å². The second kappa shape index (κ2) is 3.71. The zero-order valence-corrected chi connectivity index (χ0v) is 5.10. The van der Waals surface area contributed by atoms with Crippen LogP contribution in [-0.2, 0) is 4.79 Å². The first-order valence-electron chi connectivity index (χ1n) is 1.88. The van der Waals surface area contributed by atoms with Crippen molar-refractivity contribution in [1.82, 2.24) is 4.72 Å². The highest BCUT2D eigenvalue weighted by Crippen LogP contribution is 1.85. The molecule has 48 valence electrons. The first-order chi connectivity index (χ1) is 3.68. The molecule has 0 aliphatic rings. The van der Waals surface area contributed by atoms with E-state index >= 15 is 0 Å². The van der Waals surface area contributed by atoms with Crippen LogP contribution in [0.5, 0.6) is 0 Å². The van der Waals surface area contributed by atoms with E-state index in [1.54, 1.807) is 6.26 Å². The standard InChI is InChI=1S/C3H7NO3S/c1-8-4-2(5)3(6)7/h2,4-5H,1H3,(H,6,7). The van der Waals surface area contributed by atoms with Crippen LogP contribution in [-0.4, -0.2) is 28.7 Å². The van der Waals surface area contributed by atoms with E-state index in [0.29, 0.717) is 0 Å². The SMILES string of the molecule is CSNC(O)C(=O)O. The minimum atomic E-state index is -1.45. The van der Waals surface area contributed by atoms with E-state index in [0.717, 1.165) is 11.9 Å². The lowest BCUT2D eigenvalue weighted by Gasteiger charge is -2.01. The van der Waals surface area contributed by atoms with Gasteiger partial charge in [0.25, 0.3) is 0 Å². The van der Waals surface area contributed by atoms with E-state index in [1.165, 1.54) is 0 Å². The highest BCUT2D eigenvalue weighted by Gasteiger charge is 2.09. The molecular weight excluding hydrogens is 130 g/mol. The molecule has 0 aromatic rings. The average Bonchev–Trinajstić information content (AvgIpc) is 1.67. The van der Waals surface area contributed by atoms with Crippen molar-refractivity contribution in [2.45, 2.75) is 6.23 Å². The Morgan fingerprint density at radius 3 is 2.50 bits per heavy atom. The van der Waals surface area contributed by atoms with E-state index in [2.05, 4.69) is 4.72 Å². The number of carbonyl (C=O) groups is 1. The Labute approximate surface area is 51.0 Å². The third-order valence-electron chi connectivity index (χ3n) is 0.463. The molecule has 0 saturated carbocycles. The molecule has 0 aromatic heterocycles. The Balaban J connectivity index is 3.32. The maximum absolute atomic E-state index is 9.76. The normalized spacial score (nSPS) is 13.2. The Kier molecular flexibility index (Phi) is 3.59. The molecule has 3 N–H and O–H groups in total. The predicted octanol–water partition coefficient (Wildman–Crippen LogP) is -0.743. The molecule has 0 spiro atoms. The summed E-state index contributed by atoms with van der Waals surface area (Å²) in [7, 11) is 0. The monoisotopic (exact) mass is 137 g/mol. The van der Waals surface area contributed by atoms with Gasteiger partial charge >= 0.3 is 5.97 Å². The van der Waals surface area contributed by atoms with Gasteiger partial charge in [-0.25, -0.2) is 9.52 Å². The summed E-state index contributed by atoms with van der Waals surface area (Å²) in [6.45, 7) is 0. The van der Waals surface area contributed by atoms with E-state index in [1.807, 2.05) is 0 Å². The fraction of sp³-hybridized carbons (Fsp3) is 0.667. The van der Waals surface area contributed by atoms with Gasteiger partial charge in [0, 0.05) is 0 Å². The third kappa shape index (κ3) is 2.84. The van der Waals surface area contributed by atoms with Crippen molar-refractivity contribution in [3.05, 3.63) is 0 Å². The summed E-state index contributed by atoms with van der Waals surface area (Å²) in [5.74, 6) is -1.26. The maximum atomic E-state index is 9.76. The lowest BCUT2D eigenvalue weighted by atomic mass is 10.6. The molecule has 0 aliphatic heterocycles. The van der Waals surface area contributed by atoms with Crippen molar-refractivity contribution in [2.24, 2.45) is 0 Å². The van der Waals surface area contributed by atoms with E-state index in [-0.39, 0.29) is 0 Å². The first kappa shape index (κ1) is 7.74. The summed E-state index contributed by atoms with van der Waals surface area (Å²) >= 11 is 1.06. The van der Waals surface area contributed by atoms with Crippen molar-refractivity contribution < 1.29 is 15.0 Å². The van der Waals surface area contributed by atoms with Gasteiger partial charge in [0.15, 0.2) is 0 Å². The van der Waals surface area contributed by atoms with Crippen molar-refractivity contribution >= 4 is 17.9 Å². The molecular formula is C3H7NO3S. The molecule has 0 fully saturated rings. The van der Waals surface area contributed by atoms with Crippen LogP contribution in [0, 0.1) is 0 Å². The molecule has 1 atom stereocenters. The van der Waals surface area contributed by atoms with Crippen LogP contribution in [0.2, 0.25) is 0 Å². The summed E-state index contributed by atoms with van der Waals surface area (Å²) in [6, 6.07) is 0. The van der Waals surface area contributed by atoms with Crippen LogP contribution < -0.4 is 4.72 Å². The number of hydrogen-bond donors (Lipinski definition) is 3. The highest BCUT2D eigenvalue weighted by molar-refractivity contribution is 7.96. The van der Waals surface area contributed by atoms with Gasteiger partial charge in [-0.2, -0.15) is 0 Å². The lowest BCUT2D eigenvalue weighted by Crippen LogP contribution is -2.31. The van der Waals surface area contributed by atoms with Crippen molar-refractivity contribution in [2.75, 3.05) is 6.26 Å². The molecule has 0 heterocycles. The minimum absolute atomic E-state index is 1.06. The van der Waals surface area contributed by atoms with Crippen molar-refractivity contribution in [3.63, 3.8) is 0 Å².